The second-order valence-corrected chi connectivity index (χ2v) is 5.82. The third-order valence-electron chi connectivity index (χ3n) is 4.15. The van der Waals surface area contributed by atoms with Gasteiger partial charge in [0.2, 0.25) is 0 Å². The van der Waals surface area contributed by atoms with Crippen molar-refractivity contribution in [1.29, 1.82) is 0 Å². The molecule has 1 unspecified atom stereocenters. The normalized spacial score (nSPS) is 11.9. The molecule has 0 saturated carbocycles. The first-order valence-corrected chi connectivity index (χ1v) is 8.22. The monoisotopic (exact) mass is 351 g/mol. The van der Waals surface area contributed by atoms with E-state index >= 15 is 0 Å². The molecule has 134 valence electrons. The minimum absolute atomic E-state index is 0.0505. The van der Waals surface area contributed by atoms with Crippen LogP contribution in [0.4, 0.5) is 5.82 Å². The zero-order chi connectivity index (χ0) is 18.5. The Hall–Kier alpha value is -3.19. The Balaban J connectivity index is 2.02. The minimum atomic E-state index is -0.514. The molecule has 0 radical (unpaired) electrons. The molecule has 26 heavy (non-hydrogen) atoms. The van der Waals surface area contributed by atoms with Gasteiger partial charge in [-0.3, -0.25) is 4.79 Å². The highest BCUT2D eigenvalue weighted by molar-refractivity contribution is 6.06. The van der Waals surface area contributed by atoms with Gasteiger partial charge in [0.25, 0.3) is 5.91 Å². The Labute approximate surface area is 151 Å². The van der Waals surface area contributed by atoms with E-state index in [1.54, 1.807) is 19.2 Å². The molecule has 4 N–H and O–H groups in total. The molecule has 0 aliphatic heterocycles. The smallest absolute Gasteiger partial charge is 0.250 e. The van der Waals surface area contributed by atoms with Gasteiger partial charge < -0.3 is 21.1 Å². The lowest BCUT2D eigenvalue weighted by atomic mass is 10.1. The third-order valence-corrected chi connectivity index (χ3v) is 4.15. The number of fused-ring (bicyclic) bond motifs is 1. The van der Waals surface area contributed by atoms with Crippen molar-refractivity contribution in [3.8, 4) is 5.75 Å². The van der Waals surface area contributed by atoms with E-state index in [4.69, 9.17) is 10.5 Å². The molecule has 3 rings (SSSR count). The van der Waals surface area contributed by atoms with Crippen molar-refractivity contribution in [2.45, 2.75) is 6.04 Å². The molecular formula is C19H21N5O2. The summed E-state index contributed by atoms with van der Waals surface area (Å²) in [6.07, 6.45) is 1.43. The molecule has 7 nitrogen and oxygen atoms in total. The van der Waals surface area contributed by atoms with Crippen LogP contribution in [0.5, 0.6) is 5.75 Å². The van der Waals surface area contributed by atoms with E-state index in [0.717, 1.165) is 16.7 Å². The summed E-state index contributed by atoms with van der Waals surface area (Å²) >= 11 is 0. The molecule has 0 saturated heterocycles. The molecule has 2 aromatic carbocycles. The maximum atomic E-state index is 11.7. The van der Waals surface area contributed by atoms with E-state index in [0.29, 0.717) is 23.4 Å². The van der Waals surface area contributed by atoms with Crippen molar-refractivity contribution in [2.75, 3.05) is 26.0 Å². The summed E-state index contributed by atoms with van der Waals surface area (Å²) in [7, 11) is 3.53. The number of amides is 1. The fourth-order valence-electron chi connectivity index (χ4n) is 2.88. The van der Waals surface area contributed by atoms with Gasteiger partial charge in [-0.15, -0.1) is 0 Å². The zero-order valence-electron chi connectivity index (χ0n) is 14.7. The largest absolute Gasteiger partial charge is 0.497 e. The first-order chi connectivity index (χ1) is 12.6. The number of nitrogens with zero attached hydrogens (tertiary/aromatic N) is 2. The topological polar surface area (TPSA) is 102 Å². The number of benzene rings is 2. The number of carbonyl (C=O) groups excluding carboxylic acids is 1. The lowest BCUT2D eigenvalue weighted by Crippen LogP contribution is -2.24. The lowest BCUT2D eigenvalue weighted by Gasteiger charge is -2.21. The van der Waals surface area contributed by atoms with Crippen LogP contribution in [0.2, 0.25) is 0 Å². The highest BCUT2D eigenvalue weighted by Crippen LogP contribution is 2.27. The maximum absolute atomic E-state index is 11.7. The van der Waals surface area contributed by atoms with Crippen LogP contribution < -0.4 is 21.1 Å². The molecular weight excluding hydrogens is 330 g/mol. The zero-order valence-corrected chi connectivity index (χ0v) is 14.7. The first-order valence-electron chi connectivity index (χ1n) is 8.22. The highest BCUT2D eigenvalue weighted by Gasteiger charge is 2.16. The van der Waals surface area contributed by atoms with Crippen LogP contribution in [0.25, 0.3) is 10.9 Å². The summed E-state index contributed by atoms with van der Waals surface area (Å²) in [4.78, 5) is 20.3. The van der Waals surface area contributed by atoms with Crippen LogP contribution in [0.1, 0.15) is 22.0 Å². The van der Waals surface area contributed by atoms with E-state index in [-0.39, 0.29) is 6.04 Å². The fraction of sp³-hybridized carbons (Fsp3) is 0.211. The van der Waals surface area contributed by atoms with Crippen LogP contribution in [0, 0.1) is 0 Å². The average molecular weight is 351 g/mol. The van der Waals surface area contributed by atoms with Gasteiger partial charge in [0, 0.05) is 11.9 Å². The second-order valence-electron chi connectivity index (χ2n) is 5.82. The number of hydrogen-bond acceptors (Lipinski definition) is 6. The third kappa shape index (κ3) is 3.57. The summed E-state index contributed by atoms with van der Waals surface area (Å²) in [5, 5.41) is 7.36. The predicted octanol–water partition coefficient (Wildman–Crippen LogP) is 2.11. The number of aromatic nitrogens is 2. The van der Waals surface area contributed by atoms with E-state index in [1.807, 2.05) is 37.4 Å². The quantitative estimate of drug-likeness (QED) is 0.602. The number of nitrogens with two attached hydrogens (primary N) is 1. The van der Waals surface area contributed by atoms with Gasteiger partial charge in [-0.25, -0.2) is 9.97 Å². The molecule has 7 heteroatoms. The van der Waals surface area contributed by atoms with Gasteiger partial charge in [-0.2, -0.15) is 0 Å². The van der Waals surface area contributed by atoms with Gasteiger partial charge in [0.15, 0.2) is 0 Å². The molecule has 0 fully saturated rings. The van der Waals surface area contributed by atoms with Gasteiger partial charge in [0.05, 0.1) is 24.2 Å². The van der Waals surface area contributed by atoms with Crippen LogP contribution in [0.15, 0.2) is 48.8 Å². The van der Waals surface area contributed by atoms with E-state index in [9.17, 15) is 4.79 Å². The molecule has 0 bridgehead atoms. The summed E-state index contributed by atoms with van der Waals surface area (Å²) < 4.78 is 5.32. The summed E-state index contributed by atoms with van der Waals surface area (Å²) in [6.45, 7) is 0.675. The summed E-state index contributed by atoms with van der Waals surface area (Å²) in [5.74, 6) is 0.912. The Morgan fingerprint density at radius 1 is 1.23 bits per heavy atom. The number of methoxy groups -OCH3 is 1. The standard InChI is InChI=1S/C19H21N5O2/c1-21-10-16(12-5-3-6-13(9-12)26-2)24-19-15-8-4-7-14(18(20)25)17(15)22-11-23-19/h3-9,11,16,21H,10H2,1-2H3,(H2,20,25)(H,22,23,24). The molecule has 3 aromatic rings. The van der Waals surface area contributed by atoms with Crippen molar-refractivity contribution in [1.82, 2.24) is 15.3 Å². The van der Waals surface area contributed by atoms with Gasteiger partial charge in [0.1, 0.15) is 17.9 Å². The molecule has 0 aliphatic rings. The van der Waals surface area contributed by atoms with E-state index in [2.05, 4.69) is 20.6 Å². The fourth-order valence-corrected chi connectivity index (χ4v) is 2.88. The van der Waals surface area contributed by atoms with Crippen LogP contribution in [-0.4, -0.2) is 36.6 Å². The number of likely N-dealkylation sites (N-methyl/N-ethyl adjacent to an activating group) is 1. The van der Waals surface area contributed by atoms with Crippen molar-refractivity contribution < 1.29 is 9.53 Å². The number of nitrogens with one attached hydrogen (secondary N) is 2. The molecule has 0 spiro atoms. The van der Waals surface area contributed by atoms with Crippen LogP contribution in [0.3, 0.4) is 0 Å². The number of rotatable bonds is 7. The lowest BCUT2D eigenvalue weighted by molar-refractivity contribution is 0.100. The molecule has 1 aromatic heterocycles. The Morgan fingerprint density at radius 2 is 2.04 bits per heavy atom. The average Bonchev–Trinajstić information content (AvgIpc) is 2.67. The van der Waals surface area contributed by atoms with Crippen molar-refractivity contribution in [3.63, 3.8) is 0 Å². The molecule has 1 heterocycles. The van der Waals surface area contributed by atoms with Gasteiger partial charge in [-0.1, -0.05) is 18.2 Å². The number of primary amides is 1. The number of carbonyl (C=O) groups is 1. The van der Waals surface area contributed by atoms with Crippen molar-refractivity contribution >= 4 is 22.6 Å². The Morgan fingerprint density at radius 3 is 2.77 bits per heavy atom. The number of hydrogen-bond donors (Lipinski definition) is 3. The van der Waals surface area contributed by atoms with Crippen molar-refractivity contribution in [2.24, 2.45) is 5.73 Å². The van der Waals surface area contributed by atoms with Crippen LogP contribution >= 0.6 is 0 Å². The molecule has 1 amide bonds. The Kier molecular flexibility index (Phi) is 5.28. The van der Waals surface area contributed by atoms with Gasteiger partial charge in [-0.05, 0) is 36.9 Å². The summed E-state index contributed by atoms with van der Waals surface area (Å²) in [5.41, 5.74) is 7.42. The molecule has 0 aliphatic carbocycles. The highest BCUT2D eigenvalue weighted by atomic mass is 16.5. The maximum Gasteiger partial charge on any atom is 0.250 e. The second kappa shape index (κ2) is 7.79. The van der Waals surface area contributed by atoms with Gasteiger partial charge >= 0.3 is 0 Å². The number of anilines is 1. The Bertz CT molecular complexity index is 929. The van der Waals surface area contributed by atoms with E-state index in [1.165, 1.54) is 6.33 Å². The minimum Gasteiger partial charge on any atom is -0.497 e. The van der Waals surface area contributed by atoms with Crippen LogP contribution in [-0.2, 0) is 0 Å². The van der Waals surface area contributed by atoms with Crippen molar-refractivity contribution in [3.05, 3.63) is 59.9 Å². The SMILES string of the molecule is CNCC(Nc1ncnc2c(C(N)=O)cccc12)c1cccc(OC)c1. The number of ether oxygens (including phenoxy) is 1. The number of para-hydroxylation sites is 1. The molecule has 1 atom stereocenters. The van der Waals surface area contributed by atoms with E-state index < -0.39 is 5.91 Å². The summed E-state index contributed by atoms with van der Waals surface area (Å²) in [6, 6.07) is 13.1. The predicted molar refractivity (Wildman–Crippen MR) is 101 cm³/mol. The first kappa shape index (κ1) is 17.6.